The Morgan fingerprint density at radius 2 is 0.267 bits per heavy atom. The normalized spacial score (nSPS) is 15.0. The Morgan fingerprint density at radius 3 is 0.383 bits per heavy atom. The third kappa shape index (κ3) is 54.8. The van der Waals surface area contributed by atoms with Crippen LogP contribution in [0.1, 0.15) is 0 Å². The highest BCUT2D eigenvalue weighted by Gasteiger charge is 2.44. The molecule has 14 nitrogen and oxygen atoms in total. The molecule has 0 saturated heterocycles. The minimum atomic E-state index is -2.60. The smallest absolute Gasteiger partial charge is 0.320 e. The first-order chi connectivity index (χ1) is 25.1. The van der Waals surface area contributed by atoms with Crippen molar-refractivity contribution in [2.45, 2.75) is 210 Å². The average molecular weight is 1100 g/mol. The molecule has 0 aliphatic carbocycles. The predicted octanol–water partition coefficient (Wildman–Crippen LogP) is 10.4. The molecule has 0 radical (unpaired) electrons. The van der Waals surface area contributed by atoms with E-state index >= 15 is 0 Å². The van der Waals surface area contributed by atoms with Crippen LogP contribution in [0, 0.1) is 0 Å². The van der Waals surface area contributed by atoms with Gasteiger partial charge in [0.1, 0.15) is 0 Å². The maximum Gasteiger partial charge on any atom is 0.320 e. The van der Waals surface area contributed by atoms with Gasteiger partial charge in [-0.15, -0.1) is 0 Å². The third-order valence-electron chi connectivity index (χ3n) is 5.17. The molecule has 0 aromatic rings. The van der Waals surface area contributed by atoms with E-state index < -0.39 is 119 Å². The maximum absolute atomic E-state index is 9.79. The van der Waals surface area contributed by atoms with E-state index in [-0.39, 0.29) is 0 Å². The first-order valence-corrected chi connectivity index (χ1v) is 62.9. The van der Waals surface area contributed by atoms with Gasteiger partial charge in [-0.05, 0) is 210 Å². The second kappa shape index (κ2) is 24.2. The minimum absolute atomic E-state index is 1.43. The molecule has 0 saturated carbocycles. The Hall–Kier alpha value is 2.48. The van der Waals surface area contributed by atoms with Gasteiger partial charge in [-0.25, -0.2) is 0 Å². The second-order valence-electron chi connectivity index (χ2n) is 23.7. The Labute approximate surface area is 386 Å². The van der Waals surface area contributed by atoms with Gasteiger partial charge in [0.05, 0.1) is 0 Å². The van der Waals surface area contributed by atoms with Gasteiger partial charge in [-0.2, -0.15) is 0 Å². The van der Waals surface area contributed by atoms with E-state index in [1.54, 1.807) is 52.4 Å². The fraction of sp³-hybridized carbons (Fsp3) is 1.00. The minimum Gasteiger partial charge on any atom is -0.437 e. The van der Waals surface area contributed by atoms with Gasteiger partial charge < -0.3 is 60.3 Å². The molecule has 0 spiro atoms. The van der Waals surface area contributed by atoms with Crippen molar-refractivity contribution in [3.8, 4) is 0 Å². The van der Waals surface area contributed by atoms with Crippen LogP contribution in [0.15, 0.2) is 0 Å². The number of hydrogen-bond donors (Lipinski definition) is 4. The third-order valence-corrected chi connectivity index (χ3v) is 46.6. The predicted molar refractivity (Wildman–Crippen MR) is 288 cm³/mol. The van der Waals surface area contributed by atoms with Crippen LogP contribution in [0.4, 0.5) is 0 Å². The topological polar surface area (TPSA) is 173 Å². The Morgan fingerprint density at radius 1 is 0.167 bits per heavy atom. The van der Waals surface area contributed by atoms with E-state index in [0.717, 1.165) is 0 Å². The standard InChI is InChI=1S/C10H30O3Si4.C8H26O5Si4.C8H24O2Si3.C6H20O4Si3/c1-14(2,3)11-16(7,8)13-17(9,10)12-15(4,5)6;1-14(2,9)11-16(5,6)13-17(7,8)12-15(3,4)10;1-11(2,3)9-13(7,8)10-12(4,5)6;1-11(2,7)9-13(5,6)10-12(3,4)8/h1-10H3;9-10H,1-8H3;1-8H3;7-8H,1-6H3. The van der Waals surface area contributed by atoms with E-state index in [1.165, 1.54) is 0 Å². The van der Waals surface area contributed by atoms with Crippen molar-refractivity contribution in [2.75, 3.05) is 0 Å². The molecule has 0 heterocycles. The first kappa shape index (κ1) is 69.1. The largest absolute Gasteiger partial charge is 0.437 e. The zero-order valence-electron chi connectivity index (χ0n) is 44.9. The lowest BCUT2D eigenvalue weighted by Gasteiger charge is -2.39. The van der Waals surface area contributed by atoms with Gasteiger partial charge in [-0.1, -0.05) is 0 Å². The van der Waals surface area contributed by atoms with E-state index in [9.17, 15) is 19.2 Å². The summed E-state index contributed by atoms with van der Waals surface area (Å²) in [5, 5.41) is 0. The van der Waals surface area contributed by atoms with Gasteiger partial charge in [-0.3, -0.25) is 0 Å². The fourth-order valence-electron chi connectivity index (χ4n) is 6.66. The van der Waals surface area contributed by atoms with Crippen molar-refractivity contribution in [3.63, 3.8) is 0 Å². The zero-order valence-corrected chi connectivity index (χ0v) is 58.9. The lowest BCUT2D eigenvalue weighted by Crippen LogP contribution is -2.56. The SMILES string of the molecule is C[Si](C)(C)O[Si](C)(C)O[Si](C)(C)C.C[Si](C)(C)O[Si](C)(C)O[Si](C)(C)O[Si](C)(C)C.C[Si](C)(O)O[Si](C)(C)O[Si](C)(C)O.C[Si](C)(O)O[Si](C)(C)O[Si](C)(C)O[Si](C)(C)O. The Bertz CT molecular complexity index is 1040. The Kier molecular flexibility index (Phi) is 27.8. The average Bonchev–Trinajstić information content (AvgIpc) is 2.63. The van der Waals surface area contributed by atoms with Gasteiger partial charge in [0.25, 0.3) is 0 Å². The van der Waals surface area contributed by atoms with E-state index in [4.69, 9.17) is 41.2 Å². The maximum atomic E-state index is 9.79. The van der Waals surface area contributed by atoms with Gasteiger partial charge >= 0.3 is 85.6 Å². The second-order valence-corrected chi connectivity index (χ2v) is 77.1. The fourth-order valence-corrected chi connectivity index (χ4v) is 62.2. The van der Waals surface area contributed by atoms with Gasteiger partial charge in [0, 0.05) is 0 Å². The zero-order chi connectivity index (χ0) is 50.1. The molecule has 0 aromatic heterocycles. The summed E-state index contributed by atoms with van der Waals surface area (Å²) in [6.07, 6.45) is 0. The van der Waals surface area contributed by atoms with Crippen molar-refractivity contribution >= 4 is 119 Å². The lowest BCUT2D eigenvalue weighted by molar-refractivity contribution is 0.278. The molecule has 0 rings (SSSR count). The van der Waals surface area contributed by atoms with Crippen molar-refractivity contribution in [3.05, 3.63) is 0 Å². The van der Waals surface area contributed by atoms with Crippen LogP contribution in [0.25, 0.3) is 0 Å². The first-order valence-electron chi connectivity index (χ1n) is 21.0. The quantitative estimate of drug-likeness (QED) is 0.0849. The molecule has 60 heavy (non-hydrogen) atoms. The molecule has 0 amide bonds. The van der Waals surface area contributed by atoms with E-state index in [1.807, 2.05) is 39.3 Å². The van der Waals surface area contributed by atoms with Crippen LogP contribution in [0.3, 0.4) is 0 Å². The molecule has 0 aromatic carbocycles. The molecule has 28 heteroatoms. The molecule has 4 N–H and O–H groups in total. The summed E-state index contributed by atoms with van der Waals surface area (Å²) in [6, 6.07) is 0. The summed E-state index contributed by atoms with van der Waals surface area (Å²) in [5.74, 6) is 0. The molecule has 0 aliphatic rings. The van der Waals surface area contributed by atoms with Gasteiger partial charge in [0.2, 0.25) is 0 Å². The van der Waals surface area contributed by atoms with Crippen molar-refractivity contribution in [1.29, 1.82) is 0 Å². The molecule has 368 valence electrons. The van der Waals surface area contributed by atoms with Crippen molar-refractivity contribution < 1.29 is 60.3 Å². The highest BCUT2D eigenvalue weighted by molar-refractivity contribution is 6.90. The van der Waals surface area contributed by atoms with Crippen molar-refractivity contribution in [1.82, 2.24) is 0 Å². The number of rotatable bonds is 20. The molecule has 0 unspecified atom stereocenters. The summed E-state index contributed by atoms with van der Waals surface area (Å²) >= 11 is 0. The summed E-state index contributed by atoms with van der Waals surface area (Å²) < 4.78 is 59.1. The van der Waals surface area contributed by atoms with Crippen LogP contribution >= 0.6 is 0 Å². The van der Waals surface area contributed by atoms with Crippen LogP contribution in [-0.2, 0) is 41.2 Å². The highest BCUT2D eigenvalue weighted by atomic mass is 28.5. The Balaban J connectivity index is -0.000000351. The summed E-state index contributed by atoms with van der Waals surface area (Å²) in [6.45, 7) is 64.2. The molecule has 0 bridgehead atoms. The van der Waals surface area contributed by atoms with E-state index in [0.29, 0.717) is 0 Å². The highest BCUT2D eigenvalue weighted by Crippen LogP contribution is 2.25. The molecular formula is C32H100O14Si14. The summed E-state index contributed by atoms with van der Waals surface area (Å²) in [5.41, 5.74) is 0. The van der Waals surface area contributed by atoms with Crippen molar-refractivity contribution in [2.24, 2.45) is 0 Å². The molecule has 0 aliphatic heterocycles. The summed E-state index contributed by atoms with van der Waals surface area (Å²) in [4.78, 5) is 38.7. The monoisotopic (exact) mass is 1100 g/mol. The lowest BCUT2D eigenvalue weighted by atomic mass is 11.8. The van der Waals surface area contributed by atoms with Crippen LogP contribution in [0.5, 0.6) is 0 Å². The summed E-state index contributed by atoms with van der Waals surface area (Å²) in [7, 11) is -29.4. The van der Waals surface area contributed by atoms with Crippen LogP contribution in [0.2, 0.25) is 210 Å². The molecular weight excluding hydrogens is 1000 g/mol. The van der Waals surface area contributed by atoms with Gasteiger partial charge in [0.15, 0.2) is 33.3 Å². The van der Waals surface area contributed by atoms with Crippen LogP contribution < -0.4 is 0 Å². The number of hydrogen-bond acceptors (Lipinski definition) is 14. The van der Waals surface area contributed by atoms with E-state index in [2.05, 4.69) is 118 Å². The molecule has 0 fully saturated rings. The molecule has 0 atom stereocenters. The van der Waals surface area contributed by atoms with Crippen LogP contribution in [-0.4, -0.2) is 138 Å².